The number of fused-ring (bicyclic) bond motifs is 1. The molecule has 0 spiro atoms. The van der Waals surface area contributed by atoms with Crippen LogP contribution in [0.4, 0.5) is 0 Å². The molecule has 0 unspecified atom stereocenters. The summed E-state index contributed by atoms with van der Waals surface area (Å²) in [5, 5.41) is 0. The number of nitrogens with zero attached hydrogens (tertiary/aromatic N) is 2. The molecule has 0 amide bonds. The number of aryl methyl sites for hydroxylation is 1. The molecule has 1 atom stereocenters. The lowest BCUT2D eigenvalue weighted by Gasteiger charge is -2.19. The van der Waals surface area contributed by atoms with Crippen molar-refractivity contribution in [2.24, 2.45) is 4.40 Å². The number of hydrogen-bond acceptors (Lipinski definition) is 2. The molecule has 4 heteroatoms. The van der Waals surface area contributed by atoms with Gasteiger partial charge in [0.15, 0.2) is 0 Å². The molecule has 0 aliphatic heterocycles. The molecule has 92 valence electrons. The molecule has 1 heterocycles. The van der Waals surface area contributed by atoms with Crippen LogP contribution in [0.5, 0.6) is 0 Å². The molecule has 1 aromatic rings. The monoisotopic (exact) mass is 250 g/mol. The molecule has 17 heavy (non-hydrogen) atoms. The molecule has 0 N–H and O–H groups in total. The Morgan fingerprint density at radius 3 is 2.82 bits per heavy atom. The van der Waals surface area contributed by atoms with Crippen LogP contribution in [-0.4, -0.2) is 19.7 Å². The highest BCUT2D eigenvalue weighted by Gasteiger charge is 2.22. The SMILES string of the molecule is CC(C)(C)[S@@](=O)/N=C1\CCCc2ncccc21. The van der Waals surface area contributed by atoms with Crippen LogP contribution in [0.25, 0.3) is 0 Å². The summed E-state index contributed by atoms with van der Waals surface area (Å²) < 4.78 is 16.1. The van der Waals surface area contributed by atoms with Crippen molar-refractivity contribution in [2.45, 2.75) is 44.8 Å². The molecule has 0 aromatic carbocycles. The van der Waals surface area contributed by atoms with Crippen molar-refractivity contribution in [2.75, 3.05) is 0 Å². The third-order valence-corrected chi connectivity index (χ3v) is 4.18. The second-order valence-electron chi connectivity index (χ2n) is 5.25. The van der Waals surface area contributed by atoms with Crippen molar-refractivity contribution < 1.29 is 4.21 Å². The van der Waals surface area contributed by atoms with Gasteiger partial charge in [0.2, 0.25) is 0 Å². The van der Waals surface area contributed by atoms with Gasteiger partial charge in [-0.1, -0.05) is 0 Å². The van der Waals surface area contributed by atoms with E-state index in [4.69, 9.17) is 0 Å². The van der Waals surface area contributed by atoms with Crippen LogP contribution < -0.4 is 0 Å². The fraction of sp³-hybridized carbons (Fsp3) is 0.538. The van der Waals surface area contributed by atoms with Crippen LogP contribution in [0.1, 0.15) is 44.9 Å². The first kappa shape index (κ1) is 12.4. The number of pyridine rings is 1. The van der Waals surface area contributed by atoms with E-state index in [9.17, 15) is 4.21 Å². The zero-order chi connectivity index (χ0) is 12.5. The molecule has 1 aliphatic rings. The lowest BCUT2D eigenvalue weighted by atomic mass is 9.94. The van der Waals surface area contributed by atoms with Crippen molar-refractivity contribution in [1.29, 1.82) is 0 Å². The fourth-order valence-electron chi connectivity index (χ4n) is 1.79. The highest BCUT2D eigenvalue weighted by atomic mass is 32.2. The van der Waals surface area contributed by atoms with Gasteiger partial charge >= 0.3 is 0 Å². The van der Waals surface area contributed by atoms with E-state index >= 15 is 0 Å². The minimum absolute atomic E-state index is 0.299. The lowest BCUT2D eigenvalue weighted by Crippen LogP contribution is -2.22. The maximum atomic E-state index is 12.0. The number of aromatic nitrogens is 1. The van der Waals surface area contributed by atoms with Gasteiger partial charge in [0.05, 0.1) is 10.5 Å². The van der Waals surface area contributed by atoms with Gasteiger partial charge in [-0.05, 0) is 52.2 Å². The fourth-order valence-corrected chi connectivity index (χ4v) is 2.45. The van der Waals surface area contributed by atoms with E-state index in [-0.39, 0.29) is 4.75 Å². The second kappa shape index (κ2) is 4.69. The summed E-state index contributed by atoms with van der Waals surface area (Å²) in [5.41, 5.74) is 3.12. The van der Waals surface area contributed by atoms with E-state index < -0.39 is 11.0 Å². The Hall–Kier alpha value is -1.03. The van der Waals surface area contributed by atoms with E-state index in [2.05, 4.69) is 9.38 Å². The van der Waals surface area contributed by atoms with Gasteiger partial charge in [-0.15, -0.1) is 0 Å². The summed E-state index contributed by atoms with van der Waals surface area (Å²) in [6.45, 7) is 5.83. The van der Waals surface area contributed by atoms with Crippen molar-refractivity contribution >= 4 is 16.7 Å². The molecular formula is C13H18N2OS. The first-order chi connectivity index (χ1) is 7.98. The quantitative estimate of drug-likeness (QED) is 0.769. The Bertz CT molecular complexity index is 475. The minimum Gasteiger partial charge on any atom is -0.261 e. The van der Waals surface area contributed by atoms with Gasteiger partial charge < -0.3 is 0 Å². The standard InChI is InChI=1S/C13H18N2OS/c1-13(2,3)17(16)15-12-8-4-7-11-10(12)6-5-9-14-11/h5-6,9H,4,7-8H2,1-3H3/b15-12+/t17-/m1/s1. The molecule has 1 aromatic heterocycles. The molecule has 0 saturated heterocycles. The van der Waals surface area contributed by atoms with Crippen LogP contribution >= 0.6 is 0 Å². The zero-order valence-electron chi connectivity index (χ0n) is 10.6. The normalized spacial score (nSPS) is 20.1. The molecule has 0 bridgehead atoms. The molecule has 1 aliphatic carbocycles. The van der Waals surface area contributed by atoms with Crippen molar-refractivity contribution in [1.82, 2.24) is 4.98 Å². The summed E-state index contributed by atoms with van der Waals surface area (Å²) in [6.07, 6.45) is 4.75. The predicted octanol–water partition coefficient (Wildman–Crippen LogP) is 2.67. The van der Waals surface area contributed by atoms with Crippen LogP contribution in [0.3, 0.4) is 0 Å². The van der Waals surface area contributed by atoms with Gasteiger partial charge in [-0.25, -0.2) is 4.21 Å². The third kappa shape index (κ3) is 2.80. The van der Waals surface area contributed by atoms with Crippen LogP contribution in [0.2, 0.25) is 0 Å². The van der Waals surface area contributed by atoms with Crippen LogP contribution in [0.15, 0.2) is 22.7 Å². The van der Waals surface area contributed by atoms with Crippen molar-refractivity contribution in [3.63, 3.8) is 0 Å². The summed E-state index contributed by atoms with van der Waals surface area (Å²) in [5.74, 6) is 0. The Kier molecular flexibility index (Phi) is 3.43. The van der Waals surface area contributed by atoms with Crippen molar-refractivity contribution in [3.05, 3.63) is 29.6 Å². The van der Waals surface area contributed by atoms with Crippen molar-refractivity contribution in [3.8, 4) is 0 Å². The maximum absolute atomic E-state index is 12.0. The van der Waals surface area contributed by atoms with E-state index in [0.29, 0.717) is 0 Å². The molecular weight excluding hydrogens is 232 g/mol. The first-order valence-electron chi connectivity index (χ1n) is 5.92. The lowest BCUT2D eigenvalue weighted by molar-refractivity contribution is 0.650. The first-order valence-corrected chi connectivity index (χ1v) is 7.03. The summed E-state index contributed by atoms with van der Waals surface area (Å²) in [7, 11) is -1.18. The summed E-state index contributed by atoms with van der Waals surface area (Å²) in [6, 6.07) is 3.94. The molecule has 2 rings (SSSR count). The Labute approximate surface area is 105 Å². The van der Waals surface area contributed by atoms with E-state index in [0.717, 1.165) is 36.2 Å². The van der Waals surface area contributed by atoms with E-state index in [1.807, 2.05) is 39.1 Å². The third-order valence-electron chi connectivity index (χ3n) is 2.75. The summed E-state index contributed by atoms with van der Waals surface area (Å²) >= 11 is 0. The smallest absolute Gasteiger partial charge is 0.145 e. The number of rotatable bonds is 1. The highest BCUT2D eigenvalue weighted by Crippen LogP contribution is 2.22. The summed E-state index contributed by atoms with van der Waals surface area (Å²) in [4.78, 5) is 4.36. The predicted molar refractivity (Wildman–Crippen MR) is 71.6 cm³/mol. The molecule has 0 fully saturated rings. The Morgan fingerprint density at radius 1 is 1.35 bits per heavy atom. The zero-order valence-corrected chi connectivity index (χ0v) is 11.4. The van der Waals surface area contributed by atoms with Gasteiger partial charge in [-0.2, -0.15) is 4.40 Å². The van der Waals surface area contributed by atoms with Crippen LogP contribution in [0, 0.1) is 0 Å². The maximum Gasteiger partial charge on any atom is 0.145 e. The largest absolute Gasteiger partial charge is 0.261 e. The van der Waals surface area contributed by atoms with E-state index in [1.165, 1.54) is 0 Å². The Balaban J connectivity index is 2.36. The number of hydrogen-bond donors (Lipinski definition) is 0. The van der Waals surface area contributed by atoms with Crippen LogP contribution in [-0.2, 0) is 17.4 Å². The van der Waals surface area contributed by atoms with Gasteiger partial charge in [0, 0.05) is 17.5 Å². The van der Waals surface area contributed by atoms with Gasteiger partial charge in [0.1, 0.15) is 11.0 Å². The topological polar surface area (TPSA) is 42.3 Å². The average Bonchev–Trinajstić information content (AvgIpc) is 2.28. The van der Waals surface area contributed by atoms with Gasteiger partial charge in [0.25, 0.3) is 0 Å². The van der Waals surface area contributed by atoms with Gasteiger partial charge in [-0.3, -0.25) is 4.98 Å². The minimum atomic E-state index is -1.18. The molecule has 0 radical (unpaired) electrons. The highest BCUT2D eigenvalue weighted by molar-refractivity contribution is 7.85. The van der Waals surface area contributed by atoms with E-state index in [1.54, 1.807) is 0 Å². The molecule has 0 saturated carbocycles. The average molecular weight is 250 g/mol. The Morgan fingerprint density at radius 2 is 2.12 bits per heavy atom. The molecule has 3 nitrogen and oxygen atoms in total. The second-order valence-corrected chi connectivity index (χ2v) is 7.16.